The van der Waals surface area contributed by atoms with Crippen molar-refractivity contribution >= 4 is 37.4 Å². The van der Waals surface area contributed by atoms with E-state index in [0.29, 0.717) is 18.7 Å². The molecular weight excluding hydrogens is 452 g/mol. The van der Waals surface area contributed by atoms with Crippen molar-refractivity contribution < 1.29 is 26.4 Å². The van der Waals surface area contributed by atoms with Crippen molar-refractivity contribution in [3.8, 4) is 5.75 Å². The molecule has 0 saturated heterocycles. The molecule has 0 heterocycles. The lowest BCUT2D eigenvalue weighted by molar-refractivity contribution is 0.0787. The molecule has 0 aliphatic carbocycles. The summed E-state index contributed by atoms with van der Waals surface area (Å²) in [6.07, 6.45) is 1.59. The zero-order valence-corrected chi connectivity index (χ0v) is 19.1. The average Bonchev–Trinajstić information content (AvgIpc) is 2.70. The van der Waals surface area contributed by atoms with Crippen LogP contribution in [0.4, 0.5) is 0 Å². The largest absolute Gasteiger partial charge is 0.493 e. The number of nitrogens with one attached hydrogen (secondary N) is 1. The van der Waals surface area contributed by atoms with E-state index >= 15 is 0 Å². The molecule has 11 heteroatoms. The number of sulfonamides is 1. The molecule has 0 radical (unpaired) electrons. The number of hydrogen-bond acceptors (Lipinski definition) is 6. The summed E-state index contributed by atoms with van der Waals surface area (Å²) >= 11 is 6.08. The van der Waals surface area contributed by atoms with E-state index in [1.807, 2.05) is 0 Å². The zero-order valence-electron chi connectivity index (χ0n) is 16.8. The molecule has 164 valence electrons. The van der Waals surface area contributed by atoms with Crippen molar-refractivity contribution in [2.75, 3.05) is 33.5 Å². The normalized spacial score (nSPS) is 11.9. The molecule has 8 nitrogen and oxygen atoms in total. The van der Waals surface area contributed by atoms with E-state index in [4.69, 9.17) is 16.3 Å². The average molecular weight is 475 g/mol. The first kappa shape index (κ1) is 24.1. The molecule has 0 aliphatic heterocycles. The van der Waals surface area contributed by atoms with Gasteiger partial charge in [-0.1, -0.05) is 17.7 Å². The highest BCUT2D eigenvalue weighted by Gasteiger charge is 2.19. The number of carbonyl (C=O) groups is 1. The lowest BCUT2D eigenvalue weighted by atomic mass is 10.2. The molecule has 2 aromatic carbocycles. The highest BCUT2D eigenvalue weighted by Crippen LogP contribution is 2.22. The first-order chi connectivity index (χ1) is 14.0. The number of carbonyl (C=O) groups excluding carboxylic acids is 1. The maximum Gasteiger partial charge on any atom is 0.255 e. The van der Waals surface area contributed by atoms with Gasteiger partial charge in [-0.15, -0.1) is 0 Å². The van der Waals surface area contributed by atoms with E-state index in [2.05, 4.69) is 4.72 Å². The molecule has 0 bridgehead atoms. The zero-order chi connectivity index (χ0) is 22.5. The molecule has 0 aromatic heterocycles. The number of ether oxygens (including phenoxy) is 1. The van der Waals surface area contributed by atoms with Crippen molar-refractivity contribution in [1.29, 1.82) is 0 Å². The molecule has 30 heavy (non-hydrogen) atoms. The quantitative estimate of drug-likeness (QED) is 0.558. The van der Waals surface area contributed by atoms with Crippen molar-refractivity contribution in [3.63, 3.8) is 0 Å². The Morgan fingerprint density at radius 3 is 2.43 bits per heavy atom. The third-order valence-electron chi connectivity index (χ3n) is 4.23. The highest BCUT2D eigenvalue weighted by molar-refractivity contribution is 7.90. The van der Waals surface area contributed by atoms with E-state index in [9.17, 15) is 21.6 Å². The topological polar surface area (TPSA) is 110 Å². The Hall–Kier alpha value is -2.14. The molecule has 0 fully saturated rings. The van der Waals surface area contributed by atoms with Gasteiger partial charge in [0.25, 0.3) is 5.91 Å². The van der Waals surface area contributed by atoms with Crippen LogP contribution in [0.3, 0.4) is 0 Å². The Balaban J connectivity index is 1.98. The van der Waals surface area contributed by atoms with Gasteiger partial charge in [0.1, 0.15) is 5.75 Å². The number of benzene rings is 2. The van der Waals surface area contributed by atoms with Crippen LogP contribution in [0.25, 0.3) is 0 Å². The second kappa shape index (κ2) is 9.78. The predicted octanol–water partition coefficient (Wildman–Crippen LogP) is 2.19. The summed E-state index contributed by atoms with van der Waals surface area (Å²) in [5.74, 6) is -0.00727. The molecule has 0 saturated carbocycles. The van der Waals surface area contributed by atoms with Crippen LogP contribution in [0.2, 0.25) is 5.02 Å². The monoisotopic (exact) mass is 474 g/mol. The fourth-order valence-corrected chi connectivity index (χ4v) is 4.16. The van der Waals surface area contributed by atoms with Crippen LogP contribution >= 0.6 is 11.6 Å². The minimum Gasteiger partial charge on any atom is -0.493 e. The SMILES string of the molecule is CNS(=O)(=O)c1ccc(Cl)c(C(=O)N(C)CCCOc2cccc(S(C)(=O)=O)c2)c1. The Morgan fingerprint density at radius 2 is 1.80 bits per heavy atom. The van der Waals surface area contributed by atoms with E-state index in [0.717, 1.165) is 6.26 Å². The summed E-state index contributed by atoms with van der Waals surface area (Å²) in [7, 11) is -4.18. The number of sulfone groups is 1. The first-order valence-electron chi connectivity index (χ1n) is 8.87. The summed E-state index contributed by atoms with van der Waals surface area (Å²) in [5.41, 5.74) is 0.0808. The summed E-state index contributed by atoms with van der Waals surface area (Å²) in [5, 5.41) is 0.149. The number of rotatable bonds is 9. The lowest BCUT2D eigenvalue weighted by Gasteiger charge is -2.18. The number of halogens is 1. The van der Waals surface area contributed by atoms with Crippen LogP contribution in [0.15, 0.2) is 52.3 Å². The molecule has 2 rings (SSSR count). The van der Waals surface area contributed by atoms with Crippen LogP contribution in [0.1, 0.15) is 16.8 Å². The van der Waals surface area contributed by atoms with Gasteiger partial charge in [0.05, 0.1) is 27.0 Å². The third-order valence-corrected chi connectivity index (χ3v) is 7.09. The number of nitrogens with zero attached hydrogens (tertiary/aromatic N) is 1. The first-order valence-corrected chi connectivity index (χ1v) is 12.6. The molecular formula is C19H23ClN2O6S2. The molecule has 1 N–H and O–H groups in total. The molecule has 0 unspecified atom stereocenters. The Morgan fingerprint density at radius 1 is 1.10 bits per heavy atom. The number of amides is 1. The Labute approximate surface area is 181 Å². The van der Waals surface area contributed by atoms with Gasteiger partial charge in [0.2, 0.25) is 10.0 Å². The van der Waals surface area contributed by atoms with E-state index in [1.54, 1.807) is 19.2 Å². The van der Waals surface area contributed by atoms with Gasteiger partial charge in [0.15, 0.2) is 9.84 Å². The Bertz CT molecular complexity index is 1130. The fraction of sp³-hybridized carbons (Fsp3) is 0.316. The molecule has 0 spiro atoms. The summed E-state index contributed by atoms with van der Waals surface area (Å²) in [6, 6.07) is 10.1. The van der Waals surface area contributed by atoms with Crippen molar-refractivity contribution in [2.24, 2.45) is 0 Å². The predicted molar refractivity (Wildman–Crippen MR) is 114 cm³/mol. The standard InChI is InChI=1S/C19H23ClN2O6S2/c1-21-30(26,27)16-8-9-18(20)17(13-16)19(23)22(2)10-5-11-28-14-6-4-7-15(12-14)29(3,24)25/h4,6-9,12-13,21H,5,10-11H2,1-3H3. The highest BCUT2D eigenvalue weighted by atomic mass is 35.5. The number of hydrogen-bond donors (Lipinski definition) is 1. The van der Waals surface area contributed by atoms with Crippen LogP contribution in [0, 0.1) is 0 Å². The van der Waals surface area contributed by atoms with Crippen LogP contribution in [-0.2, 0) is 19.9 Å². The van der Waals surface area contributed by atoms with Crippen molar-refractivity contribution in [1.82, 2.24) is 9.62 Å². The molecule has 2 aromatic rings. The summed E-state index contributed by atoms with van der Waals surface area (Å²) in [4.78, 5) is 14.2. The van der Waals surface area contributed by atoms with Crippen LogP contribution < -0.4 is 9.46 Å². The molecule has 0 aliphatic rings. The maximum atomic E-state index is 12.7. The third kappa shape index (κ3) is 6.18. The van der Waals surface area contributed by atoms with Crippen LogP contribution in [0.5, 0.6) is 5.75 Å². The van der Waals surface area contributed by atoms with Gasteiger partial charge < -0.3 is 9.64 Å². The summed E-state index contributed by atoms with van der Waals surface area (Å²) in [6.45, 7) is 0.580. The van der Waals surface area contributed by atoms with Gasteiger partial charge in [-0.3, -0.25) is 4.79 Å². The minimum atomic E-state index is -3.70. The van der Waals surface area contributed by atoms with Gasteiger partial charge in [-0.25, -0.2) is 21.6 Å². The van der Waals surface area contributed by atoms with Gasteiger partial charge in [-0.2, -0.15) is 0 Å². The smallest absolute Gasteiger partial charge is 0.255 e. The Kier molecular flexibility index (Phi) is 7.87. The molecule has 0 atom stereocenters. The second-order valence-corrected chi connectivity index (χ2v) is 10.8. The van der Waals surface area contributed by atoms with Gasteiger partial charge in [0, 0.05) is 19.8 Å². The lowest BCUT2D eigenvalue weighted by Crippen LogP contribution is -2.29. The van der Waals surface area contributed by atoms with E-state index in [-0.39, 0.29) is 27.0 Å². The second-order valence-electron chi connectivity index (χ2n) is 6.52. The van der Waals surface area contributed by atoms with E-state index < -0.39 is 25.8 Å². The molecule has 1 amide bonds. The fourth-order valence-electron chi connectivity index (χ4n) is 2.55. The van der Waals surface area contributed by atoms with Gasteiger partial charge in [-0.05, 0) is 49.9 Å². The van der Waals surface area contributed by atoms with Crippen LogP contribution in [-0.4, -0.2) is 61.1 Å². The minimum absolute atomic E-state index is 0.0553. The van der Waals surface area contributed by atoms with Crippen molar-refractivity contribution in [2.45, 2.75) is 16.2 Å². The summed E-state index contributed by atoms with van der Waals surface area (Å²) < 4.78 is 54.9. The van der Waals surface area contributed by atoms with Crippen molar-refractivity contribution in [3.05, 3.63) is 53.1 Å². The van der Waals surface area contributed by atoms with E-state index in [1.165, 1.54) is 42.3 Å². The van der Waals surface area contributed by atoms with Gasteiger partial charge >= 0.3 is 0 Å². The maximum absolute atomic E-state index is 12.7.